The van der Waals surface area contributed by atoms with Crippen molar-refractivity contribution in [1.29, 1.82) is 0 Å². The number of morpholine rings is 1. The van der Waals surface area contributed by atoms with Crippen LogP contribution in [0.5, 0.6) is 0 Å². The van der Waals surface area contributed by atoms with E-state index in [0.29, 0.717) is 23.9 Å². The number of halogens is 1. The topological polar surface area (TPSA) is 47.6 Å². The van der Waals surface area contributed by atoms with Gasteiger partial charge in [0.05, 0.1) is 24.9 Å². The van der Waals surface area contributed by atoms with Crippen LogP contribution >= 0.6 is 11.6 Å². The summed E-state index contributed by atoms with van der Waals surface area (Å²) in [5.41, 5.74) is 1.30. The summed E-state index contributed by atoms with van der Waals surface area (Å²) in [5, 5.41) is 0.563. The van der Waals surface area contributed by atoms with Crippen LogP contribution < -0.4 is 5.76 Å². The molecule has 0 aliphatic carbocycles. The lowest BCUT2D eigenvalue weighted by Gasteiger charge is -2.30. The van der Waals surface area contributed by atoms with Crippen LogP contribution in [0.4, 0.5) is 0 Å². The number of oxazole rings is 1. The molecular weight excluding hydrogens is 268 g/mol. The molecule has 0 N–H and O–H groups in total. The molecule has 1 aromatic heterocycles. The van der Waals surface area contributed by atoms with Crippen LogP contribution in [-0.2, 0) is 11.4 Å². The minimum absolute atomic E-state index is 0.192. The first-order chi connectivity index (χ1) is 9.13. The molecular formula is C13H15ClN2O3. The van der Waals surface area contributed by atoms with Crippen molar-refractivity contribution in [3.8, 4) is 0 Å². The smallest absolute Gasteiger partial charge is 0.408 e. The maximum absolute atomic E-state index is 11.9. The Morgan fingerprint density at radius 2 is 2.32 bits per heavy atom. The standard InChI is InChI=1S/C13H15ClN2O3/c1-9-7-15(4-5-18-9)8-16-11-3-2-10(14)6-12(11)19-13(16)17/h2-3,6,9H,4-5,7-8H2,1H3/t9-/m0/s1. The van der Waals surface area contributed by atoms with Crippen LogP contribution in [0.15, 0.2) is 27.4 Å². The molecule has 0 radical (unpaired) electrons. The summed E-state index contributed by atoms with van der Waals surface area (Å²) in [6.07, 6.45) is 0.192. The van der Waals surface area contributed by atoms with E-state index < -0.39 is 0 Å². The van der Waals surface area contributed by atoms with Crippen molar-refractivity contribution in [2.45, 2.75) is 19.7 Å². The summed E-state index contributed by atoms with van der Waals surface area (Å²) in [6.45, 7) is 4.87. The minimum atomic E-state index is -0.351. The van der Waals surface area contributed by atoms with E-state index in [1.165, 1.54) is 0 Å². The Bertz CT molecular complexity index is 649. The van der Waals surface area contributed by atoms with Crippen molar-refractivity contribution < 1.29 is 9.15 Å². The zero-order chi connectivity index (χ0) is 13.4. The molecule has 1 aliphatic heterocycles. The van der Waals surface area contributed by atoms with Crippen molar-refractivity contribution in [3.63, 3.8) is 0 Å². The number of benzene rings is 1. The van der Waals surface area contributed by atoms with Gasteiger partial charge in [0.15, 0.2) is 5.58 Å². The number of ether oxygens (including phenoxy) is 1. The van der Waals surface area contributed by atoms with E-state index in [-0.39, 0.29) is 11.9 Å². The Morgan fingerprint density at radius 3 is 3.11 bits per heavy atom. The Balaban J connectivity index is 1.92. The molecule has 3 rings (SSSR count). The number of aromatic nitrogens is 1. The largest absolute Gasteiger partial charge is 0.421 e. The first-order valence-corrected chi connectivity index (χ1v) is 6.64. The zero-order valence-electron chi connectivity index (χ0n) is 10.6. The molecule has 0 bridgehead atoms. The van der Waals surface area contributed by atoms with Gasteiger partial charge >= 0.3 is 5.76 Å². The SMILES string of the molecule is C[C@H]1CN(Cn2c(=O)oc3cc(Cl)ccc32)CCO1. The van der Waals surface area contributed by atoms with Gasteiger partial charge in [-0.2, -0.15) is 0 Å². The summed E-state index contributed by atoms with van der Waals surface area (Å²) in [5.74, 6) is -0.351. The summed E-state index contributed by atoms with van der Waals surface area (Å²) < 4.78 is 12.3. The molecule has 1 fully saturated rings. The molecule has 6 heteroatoms. The van der Waals surface area contributed by atoms with E-state index >= 15 is 0 Å². The van der Waals surface area contributed by atoms with E-state index in [4.69, 9.17) is 20.8 Å². The summed E-state index contributed by atoms with van der Waals surface area (Å²) >= 11 is 5.89. The van der Waals surface area contributed by atoms with Gasteiger partial charge in [-0.1, -0.05) is 11.6 Å². The van der Waals surface area contributed by atoms with E-state index in [0.717, 1.165) is 18.6 Å². The Hall–Kier alpha value is -1.30. The van der Waals surface area contributed by atoms with Crippen LogP contribution in [0.2, 0.25) is 5.02 Å². The number of hydrogen-bond donors (Lipinski definition) is 0. The van der Waals surface area contributed by atoms with Gasteiger partial charge in [-0.3, -0.25) is 9.47 Å². The molecule has 19 heavy (non-hydrogen) atoms. The fourth-order valence-electron chi connectivity index (χ4n) is 2.39. The van der Waals surface area contributed by atoms with Crippen LogP contribution in [0.3, 0.4) is 0 Å². The second-order valence-corrected chi connectivity index (χ2v) is 5.24. The van der Waals surface area contributed by atoms with Crippen LogP contribution in [0.25, 0.3) is 11.1 Å². The van der Waals surface area contributed by atoms with Gasteiger partial charge in [-0.15, -0.1) is 0 Å². The maximum atomic E-state index is 11.9. The van der Waals surface area contributed by atoms with Crippen molar-refractivity contribution in [1.82, 2.24) is 9.47 Å². The summed E-state index contributed by atoms with van der Waals surface area (Å²) in [7, 11) is 0. The molecule has 1 atom stereocenters. The molecule has 2 aromatic rings. The van der Waals surface area contributed by atoms with E-state index in [2.05, 4.69) is 4.90 Å². The monoisotopic (exact) mass is 282 g/mol. The highest BCUT2D eigenvalue weighted by Gasteiger charge is 2.19. The zero-order valence-corrected chi connectivity index (χ0v) is 11.4. The first kappa shape index (κ1) is 12.7. The second-order valence-electron chi connectivity index (χ2n) is 4.81. The molecule has 1 saturated heterocycles. The predicted octanol–water partition coefficient (Wildman–Crippen LogP) is 1.93. The van der Waals surface area contributed by atoms with Gasteiger partial charge < -0.3 is 9.15 Å². The van der Waals surface area contributed by atoms with Gasteiger partial charge in [0.2, 0.25) is 0 Å². The lowest BCUT2D eigenvalue weighted by Crippen LogP contribution is -2.43. The molecule has 5 nitrogen and oxygen atoms in total. The lowest BCUT2D eigenvalue weighted by atomic mass is 10.3. The fourth-order valence-corrected chi connectivity index (χ4v) is 2.56. The van der Waals surface area contributed by atoms with Gasteiger partial charge in [0, 0.05) is 24.2 Å². The predicted molar refractivity (Wildman–Crippen MR) is 72.5 cm³/mol. The van der Waals surface area contributed by atoms with Crippen molar-refractivity contribution in [2.75, 3.05) is 19.7 Å². The molecule has 0 amide bonds. The van der Waals surface area contributed by atoms with E-state index in [1.807, 2.05) is 13.0 Å². The number of rotatable bonds is 2. The Kier molecular flexibility index (Phi) is 3.35. The first-order valence-electron chi connectivity index (χ1n) is 6.26. The minimum Gasteiger partial charge on any atom is -0.408 e. The molecule has 1 aromatic carbocycles. The fraction of sp³-hybridized carbons (Fsp3) is 0.462. The summed E-state index contributed by atoms with van der Waals surface area (Å²) in [6, 6.07) is 5.24. The molecule has 2 heterocycles. The lowest BCUT2D eigenvalue weighted by molar-refractivity contribution is -0.0292. The highest BCUT2D eigenvalue weighted by atomic mass is 35.5. The Morgan fingerprint density at radius 1 is 1.47 bits per heavy atom. The highest BCUT2D eigenvalue weighted by Crippen LogP contribution is 2.19. The molecule has 1 aliphatic rings. The average Bonchev–Trinajstić information content (AvgIpc) is 2.65. The molecule has 0 saturated carbocycles. The highest BCUT2D eigenvalue weighted by molar-refractivity contribution is 6.31. The van der Waals surface area contributed by atoms with Gasteiger partial charge in [-0.25, -0.2) is 4.79 Å². The van der Waals surface area contributed by atoms with E-state index in [1.54, 1.807) is 16.7 Å². The van der Waals surface area contributed by atoms with Crippen molar-refractivity contribution >= 4 is 22.7 Å². The third-order valence-corrected chi connectivity index (χ3v) is 3.53. The maximum Gasteiger partial charge on any atom is 0.421 e. The van der Waals surface area contributed by atoms with E-state index in [9.17, 15) is 4.79 Å². The van der Waals surface area contributed by atoms with Crippen LogP contribution in [0, 0.1) is 0 Å². The van der Waals surface area contributed by atoms with Crippen molar-refractivity contribution in [3.05, 3.63) is 33.8 Å². The summed E-state index contributed by atoms with van der Waals surface area (Å²) in [4.78, 5) is 14.1. The third-order valence-electron chi connectivity index (χ3n) is 3.30. The van der Waals surface area contributed by atoms with Gasteiger partial charge in [0.25, 0.3) is 0 Å². The number of fused-ring (bicyclic) bond motifs is 1. The second kappa shape index (κ2) is 5.00. The normalized spacial score (nSPS) is 21.1. The van der Waals surface area contributed by atoms with Gasteiger partial charge in [0.1, 0.15) is 0 Å². The van der Waals surface area contributed by atoms with Crippen LogP contribution in [0.1, 0.15) is 6.92 Å². The molecule has 102 valence electrons. The molecule has 0 unspecified atom stereocenters. The number of nitrogens with zero attached hydrogens (tertiary/aromatic N) is 2. The van der Waals surface area contributed by atoms with Gasteiger partial charge in [-0.05, 0) is 19.1 Å². The van der Waals surface area contributed by atoms with Crippen LogP contribution in [-0.4, -0.2) is 35.3 Å². The quantitative estimate of drug-likeness (QED) is 0.844. The third kappa shape index (κ3) is 2.54. The molecule has 0 spiro atoms. The number of hydrogen-bond acceptors (Lipinski definition) is 4. The average molecular weight is 283 g/mol. The Labute approximate surface area is 115 Å². The van der Waals surface area contributed by atoms with Crippen molar-refractivity contribution in [2.24, 2.45) is 0 Å².